The highest BCUT2D eigenvalue weighted by Crippen LogP contribution is 2.22. The van der Waals surface area contributed by atoms with Crippen LogP contribution in [0.3, 0.4) is 0 Å². The van der Waals surface area contributed by atoms with Crippen LogP contribution in [0.1, 0.15) is 25.3 Å². The Labute approximate surface area is 94.7 Å². The van der Waals surface area contributed by atoms with Gasteiger partial charge in [0.2, 0.25) is 0 Å². The van der Waals surface area contributed by atoms with Gasteiger partial charge >= 0.3 is 0 Å². The molecule has 0 radical (unpaired) electrons. The molecule has 0 fully saturated rings. The third-order valence-corrected chi connectivity index (χ3v) is 2.68. The zero-order valence-corrected chi connectivity index (χ0v) is 9.65. The fourth-order valence-corrected chi connectivity index (χ4v) is 1.86. The van der Waals surface area contributed by atoms with E-state index in [1.54, 1.807) is 12.1 Å². The lowest BCUT2D eigenvalue weighted by Crippen LogP contribution is -2.09. The molecule has 0 bridgehead atoms. The molecule has 1 aromatic rings. The Morgan fingerprint density at radius 3 is 2.64 bits per heavy atom. The summed E-state index contributed by atoms with van der Waals surface area (Å²) >= 11 is 11.7. The zero-order chi connectivity index (χ0) is 10.6. The maximum absolute atomic E-state index is 9.60. The predicted molar refractivity (Wildman–Crippen MR) is 61.1 cm³/mol. The van der Waals surface area contributed by atoms with Gasteiger partial charge in [-0.15, -0.1) is 0 Å². The highest BCUT2D eigenvalue weighted by molar-refractivity contribution is 6.35. The minimum atomic E-state index is -0.307. The maximum atomic E-state index is 9.60. The van der Waals surface area contributed by atoms with Crippen LogP contribution < -0.4 is 0 Å². The van der Waals surface area contributed by atoms with Crippen LogP contribution in [0.2, 0.25) is 10.0 Å². The smallest absolute Gasteiger partial charge is 0.0581 e. The van der Waals surface area contributed by atoms with E-state index in [0.717, 1.165) is 18.4 Å². The molecule has 14 heavy (non-hydrogen) atoms. The second-order valence-electron chi connectivity index (χ2n) is 3.38. The summed E-state index contributed by atoms with van der Waals surface area (Å²) in [4.78, 5) is 0. The SMILES string of the molecule is CCCC(O)Cc1ccc(Cl)cc1Cl. The first kappa shape index (κ1) is 11.8. The van der Waals surface area contributed by atoms with Crippen LogP contribution in [-0.4, -0.2) is 11.2 Å². The third kappa shape index (κ3) is 3.49. The van der Waals surface area contributed by atoms with Crippen molar-refractivity contribution in [1.82, 2.24) is 0 Å². The standard InChI is InChI=1S/C11H14Cl2O/c1-2-3-10(14)6-8-4-5-9(12)7-11(8)13/h4-5,7,10,14H,2-3,6H2,1H3. The number of aliphatic hydroxyl groups is 1. The summed E-state index contributed by atoms with van der Waals surface area (Å²) in [6, 6.07) is 5.36. The number of hydrogen-bond donors (Lipinski definition) is 1. The second kappa shape index (κ2) is 5.59. The van der Waals surface area contributed by atoms with Gasteiger partial charge in [-0.1, -0.05) is 42.6 Å². The molecule has 0 saturated heterocycles. The molecule has 1 aromatic carbocycles. The number of hydrogen-bond acceptors (Lipinski definition) is 1. The molecule has 0 saturated carbocycles. The first-order valence-corrected chi connectivity index (χ1v) is 5.51. The van der Waals surface area contributed by atoms with Crippen LogP contribution in [0.15, 0.2) is 18.2 Å². The van der Waals surface area contributed by atoms with Crippen molar-refractivity contribution in [2.45, 2.75) is 32.3 Å². The lowest BCUT2D eigenvalue weighted by atomic mass is 10.0. The number of halogens is 2. The second-order valence-corrected chi connectivity index (χ2v) is 4.23. The van der Waals surface area contributed by atoms with Gasteiger partial charge in [-0.2, -0.15) is 0 Å². The van der Waals surface area contributed by atoms with E-state index in [1.807, 2.05) is 13.0 Å². The fraction of sp³-hybridized carbons (Fsp3) is 0.455. The van der Waals surface area contributed by atoms with Crippen molar-refractivity contribution in [3.63, 3.8) is 0 Å². The molecule has 0 aromatic heterocycles. The van der Waals surface area contributed by atoms with E-state index >= 15 is 0 Å². The van der Waals surface area contributed by atoms with Gasteiger partial charge in [0.25, 0.3) is 0 Å². The maximum Gasteiger partial charge on any atom is 0.0581 e. The average Bonchev–Trinajstić information content (AvgIpc) is 2.10. The predicted octanol–water partition coefficient (Wildman–Crippen LogP) is 3.70. The Balaban J connectivity index is 2.67. The van der Waals surface area contributed by atoms with Gasteiger partial charge in [-0.05, 0) is 30.5 Å². The summed E-state index contributed by atoms with van der Waals surface area (Å²) in [6.07, 6.45) is 2.08. The normalized spacial score (nSPS) is 12.9. The summed E-state index contributed by atoms with van der Waals surface area (Å²) in [5.41, 5.74) is 0.956. The molecule has 0 heterocycles. The van der Waals surface area contributed by atoms with E-state index in [0.29, 0.717) is 16.5 Å². The lowest BCUT2D eigenvalue weighted by Gasteiger charge is -2.10. The van der Waals surface area contributed by atoms with Crippen LogP contribution in [0.5, 0.6) is 0 Å². The van der Waals surface area contributed by atoms with E-state index in [-0.39, 0.29) is 6.10 Å². The van der Waals surface area contributed by atoms with Gasteiger partial charge in [-0.3, -0.25) is 0 Å². The number of aliphatic hydroxyl groups excluding tert-OH is 1. The molecule has 0 amide bonds. The molecular weight excluding hydrogens is 219 g/mol. The van der Waals surface area contributed by atoms with Crippen molar-refractivity contribution in [3.05, 3.63) is 33.8 Å². The van der Waals surface area contributed by atoms with Crippen molar-refractivity contribution in [3.8, 4) is 0 Å². The summed E-state index contributed by atoms with van der Waals surface area (Å²) in [5, 5.41) is 10.9. The number of benzene rings is 1. The fourth-order valence-electron chi connectivity index (χ4n) is 1.38. The van der Waals surface area contributed by atoms with Gasteiger partial charge in [0.15, 0.2) is 0 Å². The zero-order valence-electron chi connectivity index (χ0n) is 8.13. The van der Waals surface area contributed by atoms with Gasteiger partial charge in [-0.25, -0.2) is 0 Å². The summed E-state index contributed by atoms with van der Waals surface area (Å²) in [6.45, 7) is 2.05. The van der Waals surface area contributed by atoms with Gasteiger partial charge < -0.3 is 5.11 Å². The van der Waals surface area contributed by atoms with Crippen LogP contribution >= 0.6 is 23.2 Å². The van der Waals surface area contributed by atoms with Crippen molar-refractivity contribution in [2.24, 2.45) is 0 Å². The quantitative estimate of drug-likeness (QED) is 0.840. The van der Waals surface area contributed by atoms with Crippen molar-refractivity contribution < 1.29 is 5.11 Å². The summed E-state index contributed by atoms with van der Waals surface area (Å²) in [5.74, 6) is 0. The van der Waals surface area contributed by atoms with Crippen molar-refractivity contribution in [1.29, 1.82) is 0 Å². The topological polar surface area (TPSA) is 20.2 Å². The molecule has 0 aliphatic rings. The molecule has 0 spiro atoms. The average molecular weight is 233 g/mol. The van der Waals surface area contributed by atoms with Crippen LogP contribution in [0, 0.1) is 0 Å². The molecule has 0 aliphatic carbocycles. The van der Waals surface area contributed by atoms with E-state index in [9.17, 15) is 5.11 Å². The van der Waals surface area contributed by atoms with Crippen molar-refractivity contribution in [2.75, 3.05) is 0 Å². The summed E-state index contributed by atoms with van der Waals surface area (Å²) in [7, 11) is 0. The summed E-state index contributed by atoms with van der Waals surface area (Å²) < 4.78 is 0. The highest BCUT2D eigenvalue weighted by Gasteiger charge is 2.07. The van der Waals surface area contributed by atoms with E-state index < -0.39 is 0 Å². The lowest BCUT2D eigenvalue weighted by molar-refractivity contribution is 0.164. The van der Waals surface area contributed by atoms with Crippen LogP contribution in [-0.2, 0) is 6.42 Å². The van der Waals surface area contributed by atoms with Gasteiger partial charge in [0.05, 0.1) is 6.10 Å². The molecule has 0 aliphatic heterocycles. The Kier molecular flexibility index (Phi) is 4.73. The molecule has 1 nitrogen and oxygen atoms in total. The minimum Gasteiger partial charge on any atom is -0.393 e. The first-order valence-electron chi connectivity index (χ1n) is 4.75. The van der Waals surface area contributed by atoms with Crippen LogP contribution in [0.25, 0.3) is 0 Å². The van der Waals surface area contributed by atoms with E-state index in [2.05, 4.69) is 0 Å². The molecule has 1 atom stereocenters. The Bertz CT molecular complexity index is 299. The largest absolute Gasteiger partial charge is 0.393 e. The molecule has 78 valence electrons. The first-order chi connectivity index (χ1) is 6.63. The van der Waals surface area contributed by atoms with E-state index in [1.165, 1.54) is 0 Å². The Morgan fingerprint density at radius 2 is 2.07 bits per heavy atom. The molecule has 1 rings (SSSR count). The molecule has 1 N–H and O–H groups in total. The molecule has 1 unspecified atom stereocenters. The monoisotopic (exact) mass is 232 g/mol. The Morgan fingerprint density at radius 1 is 1.36 bits per heavy atom. The highest BCUT2D eigenvalue weighted by atomic mass is 35.5. The molecule has 3 heteroatoms. The van der Waals surface area contributed by atoms with Crippen molar-refractivity contribution >= 4 is 23.2 Å². The van der Waals surface area contributed by atoms with Gasteiger partial charge in [0.1, 0.15) is 0 Å². The van der Waals surface area contributed by atoms with E-state index in [4.69, 9.17) is 23.2 Å². The number of rotatable bonds is 4. The van der Waals surface area contributed by atoms with Gasteiger partial charge in [0, 0.05) is 10.0 Å². The molecular formula is C11H14Cl2O. The third-order valence-electron chi connectivity index (χ3n) is 2.09. The minimum absolute atomic E-state index is 0.307. The van der Waals surface area contributed by atoms with Crippen LogP contribution in [0.4, 0.5) is 0 Å². The Hall–Kier alpha value is -0.240.